The summed E-state index contributed by atoms with van der Waals surface area (Å²) in [7, 11) is 0. The first-order valence-corrected chi connectivity index (χ1v) is 6.69. The molecule has 1 aromatic heterocycles. The molecule has 0 spiro atoms. The molecule has 0 aromatic carbocycles. The highest BCUT2D eigenvalue weighted by Gasteiger charge is 2.20. The van der Waals surface area contributed by atoms with Crippen molar-refractivity contribution in [3.8, 4) is 0 Å². The Kier molecular flexibility index (Phi) is 4.84. The van der Waals surface area contributed by atoms with E-state index in [-0.39, 0.29) is 22.7 Å². The van der Waals surface area contributed by atoms with Crippen molar-refractivity contribution in [1.82, 2.24) is 10.3 Å². The van der Waals surface area contributed by atoms with E-state index in [4.69, 9.17) is 5.11 Å². The van der Waals surface area contributed by atoms with E-state index >= 15 is 0 Å². The van der Waals surface area contributed by atoms with Gasteiger partial charge in [-0.1, -0.05) is 13.8 Å². The third-order valence-corrected chi connectivity index (χ3v) is 4.12. The molecule has 0 aliphatic heterocycles. The second-order valence-corrected chi connectivity index (χ2v) is 5.34. The molecule has 6 heteroatoms. The van der Waals surface area contributed by atoms with Gasteiger partial charge in [0.15, 0.2) is 0 Å². The number of nitrogens with one attached hydrogen (secondary N) is 1. The van der Waals surface area contributed by atoms with Crippen molar-refractivity contribution in [2.75, 3.05) is 0 Å². The Morgan fingerprint density at radius 2 is 2.06 bits per heavy atom. The van der Waals surface area contributed by atoms with Gasteiger partial charge in [-0.3, -0.25) is 4.79 Å². The molecule has 0 bridgehead atoms. The minimum atomic E-state index is -0.975. The number of carboxylic acid groups (broad SMARTS) is 1. The summed E-state index contributed by atoms with van der Waals surface area (Å²) in [6.07, 6.45) is 0.774. The van der Waals surface area contributed by atoms with Crippen molar-refractivity contribution < 1.29 is 14.7 Å². The monoisotopic (exact) mass is 270 g/mol. The van der Waals surface area contributed by atoms with E-state index in [0.717, 1.165) is 17.8 Å². The highest BCUT2D eigenvalue weighted by Crippen LogP contribution is 2.23. The number of carbonyl (C=O) groups excluding carboxylic acids is 1. The van der Waals surface area contributed by atoms with E-state index in [1.807, 2.05) is 20.8 Å². The standard InChI is InChI=1S/C12H18N2O3S/c1-5-6(2)10(15)13-8(4)11-14-7(3)9(18-11)12(16)17/h6,8H,5H2,1-4H3,(H,13,15)(H,16,17). The Labute approximate surface area is 110 Å². The maximum absolute atomic E-state index is 11.7. The van der Waals surface area contributed by atoms with Gasteiger partial charge in [-0.05, 0) is 20.3 Å². The van der Waals surface area contributed by atoms with Crippen molar-refractivity contribution in [3.05, 3.63) is 15.6 Å². The van der Waals surface area contributed by atoms with Crippen LogP contribution >= 0.6 is 11.3 Å². The molecule has 1 amide bonds. The average Bonchev–Trinajstić information content (AvgIpc) is 2.70. The number of aromatic carboxylic acids is 1. The second kappa shape index (κ2) is 5.95. The molecule has 0 aliphatic carbocycles. The van der Waals surface area contributed by atoms with Crippen LogP contribution in [0.2, 0.25) is 0 Å². The number of aromatic nitrogens is 1. The molecule has 2 unspecified atom stereocenters. The van der Waals surface area contributed by atoms with Gasteiger partial charge in [0.05, 0.1) is 11.7 Å². The van der Waals surface area contributed by atoms with Crippen molar-refractivity contribution in [2.24, 2.45) is 5.92 Å². The number of hydrogen-bond acceptors (Lipinski definition) is 4. The number of thiazole rings is 1. The average molecular weight is 270 g/mol. The van der Waals surface area contributed by atoms with Crippen LogP contribution in [-0.4, -0.2) is 22.0 Å². The summed E-state index contributed by atoms with van der Waals surface area (Å²) in [4.78, 5) is 27.1. The van der Waals surface area contributed by atoms with Crippen LogP contribution in [0, 0.1) is 12.8 Å². The number of nitrogens with zero attached hydrogens (tertiary/aromatic N) is 1. The van der Waals surface area contributed by atoms with Crippen LogP contribution in [0.25, 0.3) is 0 Å². The van der Waals surface area contributed by atoms with Gasteiger partial charge in [0.25, 0.3) is 0 Å². The van der Waals surface area contributed by atoms with Crippen LogP contribution in [0.5, 0.6) is 0 Å². The molecule has 18 heavy (non-hydrogen) atoms. The zero-order chi connectivity index (χ0) is 13.9. The molecule has 5 nitrogen and oxygen atoms in total. The lowest BCUT2D eigenvalue weighted by Crippen LogP contribution is -2.31. The number of carbonyl (C=O) groups is 2. The summed E-state index contributed by atoms with van der Waals surface area (Å²) in [5, 5.41) is 12.4. The van der Waals surface area contributed by atoms with Gasteiger partial charge in [0.2, 0.25) is 5.91 Å². The topological polar surface area (TPSA) is 79.3 Å². The van der Waals surface area contributed by atoms with E-state index < -0.39 is 5.97 Å². The highest BCUT2D eigenvalue weighted by molar-refractivity contribution is 7.13. The number of rotatable bonds is 5. The van der Waals surface area contributed by atoms with E-state index in [0.29, 0.717) is 10.7 Å². The predicted molar refractivity (Wildman–Crippen MR) is 69.8 cm³/mol. The Balaban J connectivity index is 2.79. The molecular weight excluding hydrogens is 252 g/mol. The minimum Gasteiger partial charge on any atom is -0.477 e. The highest BCUT2D eigenvalue weighted by atomic mass is 32.1. The van der Waals surface area contributed by atoms with Gasteiger partial charge in [-0.15, -0.1) is 11.3 Å². The lowest BCUT2D eigenvalue weighted by atomic mass is 10.1. The first-order chi connectivity index (χ1) is 8.36. The Morgan fingerprint density at radius 1 is 1.44 bits per heavy atom. The quantitative estimate of drug-likeness (QED) is 0.861. The Hall–Kier alpha value is -1.43. The van der Waals surface area contributed by atoms with Crippen LogP contribution in [0.3, 0.4) is 0 Å². The third kappa shape index (κ3) is 3.29. The van der Waals surface area contributed by atoms with E-state index in [1.165, 1.54) is 0 Å². The van der Waals surface area contributed by atoms with Crippen molar-refractivity contribution in [3.63, 3.8) is 0 Å². The second-order valence-electron chi connectivity index (χ2n) is 4.31. The SMILES string of the molecule is CCC(C)C(=O)NC(C)c1nc(C)c(C(=O)O)s1. The summed E-state index contributed by atoms with van der Waals surface area (Å²) in [6, 6.07) is -0.261. The Morgan fingerprint density at radius 3 is 2.50 bits per heavy atom. The van der Waals surface area contributed by atoms with Gasteiger partial charge in [0, 0.05) is 5.92 Å². The lowest BCUT2D eigenvalue weighted by Gasteiger charge is -2.14. The summed E-state index contributed by atoms with van der Waals surface area (Å²) in [5.74, 6) is -1.06. The maximum Gasteiger partial charge on any atom is 0.347 e. The maximum atomic E-state index is 11.7. The van der Waals surface area contributed by atoms with E-state index in [2.05, 4.69) is 10.3 Å². The molecule has 1 aromatic rings. The van der Waals surface area contributed by atoms with Crippen molar-refractivity contribution in [1.29, 1.82) is 0 Å². The van der Waals surface area contributed by atoms with Gasteiger partial charge in [-0.2, -0.15) is 0 Å². The van der Waals surface area contributed by atoms with Gasteiger partial charge < -0.3 is 10.4 Å². The normalized spacial score (nSPS) is 14.0. The van der Waals surface area contributed by atoms with E-state index in [1.54, 1.807) is 6.92 Å². The number of amides is 1. The zero-order valence-electron chi connectivity index (χ0n) is 11.0. The molecular formula is C12H18N2O3S. The minimum absolute atomic E-state index is 0.0327. The van der Waals surface area contributed by atoms with Crippen LogP contribution in [0.15, 0.2) is 0 Å². The number of hydrogen-bond donors (Lipinski definition) is 2. The zero-order valence-corrected chi connectivity index (χ0v) is 11.8. The lowest BCUT2D eigenvalue weighted by molar-refractivity contribution is -0.125. The van der Waals surface area contributed by atoms with E-state index in [9.17, 15) is 9.59 Å². The molecule has 0 saturated heterocycles. The molecule has 0 radical (unpaired) electrons. The fraction of sp³-hybridized carbons (Fsp3) is 0.583. The smallest absolute Gasteiger partial charge is 0.347 e. The summed E-state index contributed by atoms with van der Waals surface area (Å²) in [5.41, 5.74) is 0.493. The third-order valence-electron chi connectivity index (χ3n) is 2.80. The molecule has 0 fully saturated rings. The van der Waals surface area contributed by atoms with Crippen LogP contribution in [0.4, 0.5) is 0 Å². The number of aryl methyl sites for hydroxylation is 1. The van der Waals surface area contributed by atoms with Crippen molar-refractivity contribution >= 4 is 23.2 Å². The van der Waals surface area contributed by atoms with Gasteiger partial charge in [-0.25, -0.2) is 9.78 Å². The molecule has 0 saturated carbocycles. The molecule has 100 valence electrons. The van der Waals surface area contributed by atoms with Crippen LogP contribution in [-0.2, 0) is 4.79 Å². The van der Waals surface area contributed by atoms with Crippen molar-refractivity contribution in [2.45, 2.75) is 40.2 Å². The molecule has 2 N–H and O–H groups in total. The predicted octanol–water partition coefficient (Wildman–Crippen LogP) is 2.37. The first-order valence-electron chi connectivity index (χ1n) is 5.87. The van der Waals surface area contributed by atoms with Gasteiger partial charge in [0.1, 0.15) is 9.88 Å². The largest absolute Gasteiger partial charge is 0.477 e. The van der Waals surface area contributed by atoms with Crippen LogP contribution < -0.4 is 5.32 Å². The fourth-order valence-corrected chi connectivity index (χ4v) is 2.31. The first kappa shape index (κ1) is 14.6. The summed E-state index contributed by atoms with van der Waals surface area (Å²) < 4.78 is 0. The fourth-order valence-electron chi connectivity index (χ4n) is 1.40. The van der Waals surface area contributed by atoms with Gasteiger partial charge >= 0.3 is 5.97 Å². The Bertz CT molecular complexity index is 456. The molecule has 1 heterocycles. The van der Waals surface area contributed by atoms with Crippen LogP contribution in [0.1, 0.15) is 53.6 Å². The summed E-state index contributed by atoms with van der Waals surface area (Å²) in [6.45, 7) is 7.28. The molecule has 1 rings (SSSR count). The molecule has 2 atom stereocenters. The number of carboxylic acids is 1. The summed E-state index contributed by atoms with van der Waals surface area (Å²) >= 11 is 1.11. The molecule has 0 aliphatic rings.